The zero-order valence-corrected chi connectivity index (χ0v) is 32.2. The second kappa shape index (κ2) is 38.3. The first kappa shape index (κ1) is 46.5. The van der Waals surface area contributed by atoms with E-state index in [9.17, 15) is 9.59 Å². The molecule has 4 N–H and O–H groups in total. The quantitative estimate of drug-likeness (QED) is 0.0505. The molecule has 282 valence electrons. The maximum atomic E-state index is 13.2. The van der Waals surface area contributed by atoms with Crippen molar-refractivity contribution >= 4 is 11.8 Å². The predicted molar refractivity (Wildman–Crippen MR) is 210 cm³/mol. The van der Waals surface area contributed by atoms with Crippen LogP contribution in [-0.2, 0) is 9.59 Å². The first-order valence-corrected chi connectivity index (χ1v) is 20.9. The summed E-state index contributed by atoms with van der Waals surface area (Å²) >= 11 is 0. The van der Waals surface area contributed by atoms with Gasteiger partial charge in [0.1, 0.15) is 0 Å². The van der Waals surface area contributed by atoms with Crippen molar-refractivity contribution in [3.05, 3.63) is 24.3 Å². The molecule has 0 radical (unpaired) electrons. The summed E-state index contributed by atoms with van der Waals surface area (Å²) in [5.41, 5.74) is 11.6. The number of carbonyl (C=O) groups excluding carboxylic acids is 2. The highest BCUT2D eigenvalue weighted by Crippen LogP contribution is 2.14. The van der Waals surface area contributed by atoms with E-state index in [1.54, 1.807) is 4.90 Å². The molecule has 0 spiro atoms. The van der Waals surface area contributed by atoms with Crippen molar-refractivity contribution in [1.82, 2.24) is 9.80 Å². The molecule has 0 heterocycles. The number of imide groups is 1. The minimum atomic E-state index is -0.00850. The number of amides is 2. The lowest BCUT2D eigenvalue weighted by atomic mass is 10.1. The third-order valence-electron chi connectivity index (χ3n) is 9.44. The second-order valence-corrected chi connectivity index (χ2v) is 14.0. The van der Waals surface area contributed by atoms with Gasteiger partial charge in [-0.15, -0.1) is 0 Å². The molecule has 0 atom stereocenters. The van der Waals surface area contributed by atoms with Gasteiger partial charge in [0.25, 0.3) is 0 Å². The number of hydrogen-bond acceptors (Lipinski definition) is 5. The molecule has 0 fully saturated rings. The molecule has 0 unspecified atom stereocenters. The van der Waals surface area contributed by atoms with Crippen LogP contribution in [-0.4, -0.2) is 60.9 Å². The molecule has 0 rings (SSSR count). The maximum absolute atomic E-state index is 13.2. The highest BCUT2D eigenvalue weighted by molar-refractivity contribution is 5.95. The summed E-state index contributed by atoms with van der Waals surface area (Å²) < 4.78 is 0. The number of unbranched alkanes of at least 4 members (excludes halogenated alkanes) is 22. The van der Waals surface area contributed by atoms with E-state index in [1.807, 2.05) is 0 Å². The lowest BCUT2D eigenvalue weighted by Gasteiger charge is -2.26. The van der Waals surface area contributed by atoms with Crippen molar-refractivity contribution < 1.29 is 9.59 Å². The van der Waals surface area contributed by atoms with E-state index in [1.165, 1.54) is 116 Å². The molecule has 0 saturated heterocycles. The largest absolute Gasteiger partial charge is 0.329 e. The van der Waals surface area contributed by atoms with Gasteiger partial charge in [0.15, 0.2) is 0 Å². The Morgan fingerprint density at radius 1 is 0.417 bits per heavy atom. The SMILES string of the molecule is CCCCCCCC/C=C\CCCCCCCC(=O)N(CCN(CCN)CCN)C(=O)CCCCCCC/C=C\CCCCCCCC. The summed E-state index contributed by atoms with van der Waals surface area (Å²) in [7, 11) is 0. The van der Waals surface area contributed by atoms with E-state index in [0.29, 0.717) is 39.0 Å². The van der Waals surface area contributed by atoms with Crippen LogP contribution in [0.15, 0.2) is 24.3 Å². The molecule has 0 aliphatic rings. The van der Waals surface area contributed by atoms with Gasteiger partial charge < -0.3 is 11.5 Å². The standard InChI is InChI=1S/C42H82N4O2/c1-3-5-7-9-11-13-15-17-19-21-23-25-27-29-31-33-41(47)46(40-39-45(37-35-43)38-36-44)42(48)34-32-30-28-26-24-22-20-18-16-14-12-10-8-6-4-2/h17-20H,3-16,21-40,43-44H2,1-2H3/b19-17-,20-18-. The Bertz CT molecular complexity index is 696. The van der Waals surface area contributed by atoms with Crippen LogP contribution in [0.3, 0.4) is 0 Å². The summed E-state index contributed by atoms with van der Waals surface area (Å²) in [5.74, 6) is -0.0170. The number of allylic oxidation sites excluding steroid dienone is 4. The molecule has 0 aromatic heterocycles. The van der Waals surface area contributed by atoms with E-state index < -0.39 is 0 Å². The number of nitrogens with zero attached hydrogens (tertiary/aromatic N) is 2. The third-order valence-corrected chi connectivity index (χ3v) is 9.44. The van der Waals surface area contributed by atoms with Gasteiger partial charge in [0.2, 0.25) is 11.8 Å². The summed E-state index contributed by atoms with van der Waals surface area (Å²) in [4.78, 5) is 30.2. The second-order valence-electron chi connectivity index (χ2n) is 14.0. The lowest BCUT2D eigenvalue weighted by Crippen LogP contribution is -2.44. The van der Waals surface area contributed by atoms with E-state index in [-0.39, 0.29) is 11.8 Å². The van der Waals surface area contributed by atoms with Crippen molar-refractivity contribution in [2.24, 2.45) is 11.5 Å². The van der Waals surface area contributed by atoms with Crippen LogP contribution in [0.2, 0.25) is 0 Å². The normalized spacial score (nSPS) is 11.9. The number of carbonyl (C=O) groups is 2. The monoisotopic (exact) mass is 675 g/mol. The molecule has 6 nitrogen and oxygen atoms in total. The maximum Gasteiger partial charge on any atom is 0.229 e. The molecular formula is C42H82N4O2. The minimum absolute atomic E-state index is 0.00850. The first-order chi connectivity index (χ1) is 23.6. The number of nitrogens with two attached hydrogens (primary N) is 2. The topological polar surface area (TPSA) is 92.7 Å². The summed E-state index contributed by atoms with van der Waals surface area (Å²) in [6, 6.07) is 0. The highest BCUT2D eigenvalue weighted by atomic mass is 16.2. The molecule has 6 heteroatoms. The van der Waals surface area contributed by atoms with Gasteiger partial charge in [-0.1, -0.05) is 141 Å². The van der Waals surface area contributed by atoms with Gasteiger partial charge in [0, 0.05) is 52.1 Å². The molecule has 0 saturated carbocycles. The molecule has 0 bridgehead atoms. The Morgan fingerprint density at radius 3 is 1.06 bits per heavy atom. The Morgan fingerprint density at radius 2 is 0.729 bits per heavy atom. The van der Waals surface area contributed by atoms with Gasteiger partial charge in [-0.05, 0) is 64.2 Å². The van der Waals surface area contributed by atoms with Crippen molar-refractivity contribution in [3.8, 4) is 0 Å². The molecule has 0 aromatic carbocycles. The van der Waals surface area contributed by atoms with Crippen LogP contribution in [0.1, 0.15) is 194 Å². The van der Waals surface area contributed by atoms with Crippen LogP contribution in [0.4, 0.5) is 0 Å². The smallest absolute Gasteiger partial charge is 0.229 e. The minimum Gasteiger partial charge on any atom is -0.329 e. The predicted octanol–water partition coefficient (Wildman–Crippen LogP) is 10.6. The lowest BCUT2D eigenvalue weighted by molar-refractivity contribution is -0.145. The van der Waals surface area contributed by atoms with Crippen molar-refractivity contribution in [3.63, 3.8) is 0 Å². The van der Waals surface area contributed by atoms with Gasteiger partial charge in [0.05, 0.1) is 0 Å². The average molecular weight is 675 g/mol. The van der Waals surface area contributed by atoms with Crippen LogP contribution in [0.5, 0.6) is 0 Å². The van der Waals surface area contributed by atoms with Gasteiger partial charge in [-0.3, -0.25) is 19.4 Å². The third kappa shape index (κ3) is 31.7. The fourth-order valence-corrected chi connectivity index (χ4v) is 6.29. The molecular weight excluding hydrogens is 592 g/mol. The Balaban J connectivity index is 4.27. The molecule has 2 amide bonds. The fraction of sp³-hybridized carbons (Fsp3) is 0.857. The average Bonchev–Trinajstić information content (AvgIpc) is 3.08. The Labute approximate surface area is 299 Å². The summed E-state index contributed by atoms with van der Waals surface area (Å²) in [5, 5.41) is 0. The zero-order chi connectivity index (χ0) is 35.2. The fourth-order valence-electron chi connectivity index (χ4n) is 6.29. The first-order valence-electron chi connectivity index (χ1n) is 20.9. The van der Waals surface area contributed by atoms with Gasteiger partial charge >= 0.3 is 0 Å². The van der Waals surface area contributed by atoms with Crippen molar-refractivity contribution in [1.29, 1.82) is 0 Å². The van der Waals surface area contributed by atoms with E-state index in [4.69, 9.17) is 11.5 Å². The van der Waals surface area contributed by atoms with E-state index in [2.05, 4.69) is 43.1 Å². The van der Waals surface area contributed by atoms with Gasteiger partial charge in [-0.25, -0.2) is 0 Å². The Hall–Kier alpha value is -1.50. The van der Waals surface area contributed by atoms with E-state index >= 15 is 0 Å². The van der Waals surface area contributed by atoms with Gasteiger partial charge in [-0.2, -0.15) is 0 Å². The van der Waals surface area contributed by atoms with Crippen LogP contribution in [0.25, 0.3) is 0 Å². The van der Waals surface area contributed by atoms with Crippen molar-refractivity contribution in [2.45, 2.75) is 194 Å². The number of hydrogen-bond donors (Lipinski definition) is 2. The van der Waals surface area contributed by atoms with E-state index in [0.717, 1.165) is 64.5 Å². The Kier molecular flexibility index (Phi) is 37.1. The summed E-state index contributed by atoms with van der Waals surface area (Å²) in [6.45, 7) is 8.18. The highest BCUT2D eigenvalue weighted by Gasteiger charge is 2.21. The van der Waals surface area contributed by atoms with Crippen LogP contribution >= 0.6 is 0 Å². The number of rotatable bonds is 37. The zero-order valence-electron chi connectivity index (χ0n) is 32.2. The molecule has 48 heavy (non-hydrogen) atoms. The molecule has 0 aliphatic heterocycles. The summed E-state index contributed by atoms with van der Waals surface area (Å²) in [6.07, 6.45) is 42.4. The van der Waals surface area contributed by atoms with Crippen LogP contribution < -0.4 is 11.5 Å². The van der Waals surface area contributed by atoms with Crippen molar-refractivity contribution in [2.75, 3.05) is 39.3 Å². The molecule has 0 aromatic rings. The van der Waals surface area contributed by atoms with Crippen LogP contribution in [0, 0.1) is 0 Å². The molecule has 0 aliphatic carbocycles.